The Labute approximate surface area is 214 Å². The molecule has 1 fully saturated rings. The second kappa shape index (κ2) is 10.1. The van der Waals surface area contributed by atoms with Crippen LogP contribution < -0.4 is 10.1 Å². The first kappa shape index (κ1) is 26.0. The second-order valence-corrected chi connectivity index (χ2v) is 9.90. The number of likely N-dealkylation sites (tertiary alicyclic amines) is 1. The van der Waals surface area contributed by atoms with Crippen molar-refractivity contribution >= 4 is 29.7 Å². The first-order valence-electron chi connectivity index (χ1n) is 12.0. The highest BCUT2D eigenvalue weighted by molar-refractivity contribution is 6.25. The third-order valence-corrected chi connectivity index (χ3v) is 5.98. The van der Waals surface area contributed by atoms with Gasteiger partial charge >= 0.3 is 6.09 Å². The van der Waals surface area contributed by atoms with E-state index in [1.54, 1.807) is 32.9 Å². The van der Waals surface area contributed by atoms with Crippen LogP contribution in [0.4, 0.5) is 4.79 Å². The van der Waals surface area contributed by atoms with Gasteiger partial charge in [0.05, 0.1) is 11.1 Å². The van der Waals surface area contributed by atoms with Gasteiger partial charge in [0.2, 0.25) is 5.91 Å². The van der Waals surface area contributed by atoms with Crippen molar-refractivity contribution in [2.24, 2.45) is 0 Å². The number of benzene rings is 2. The number of ether oxygens (including phenoxy) is 2. The Morgan fingerprint density at radius 2 is 1.68 bits per heavy atom. The summed E-state index contributed by atoms with van der Waals surface area (Å²) in [5.41, 5.74) is 1.19. The van der Waals surface area contributed by atoms with E-state index in [4.69, 9.17) is 9.47 Å². The number of imide groups is 4. The van der Waals surface area contributed by atoms with Crippen molar-refractivity contribution in [2.45, 2.75) is 58.4 Å². The number of hydrogen-bond donors (Lipinski definition) is 1. The van der Waals surface area contributed by atoms with Gasteiger partial charge in [-0.05, 0) is 57.5 Å². The number of nitrogens with one attached hydrogen (secondary N) is 1. The number of rotatable bonds is 6. The van der Waals surface area contributed by atoms with E-state index in [1.165, 1.54) is 6.07 Å². The molecule has 1 saturated heterocycles. The number of carbonyl (C=O) groups is 5. The van der Waals surface area contributed by atoms with Crippen LogP contribution in [0.3, 0.4) is 0 Å². The van der Waals surface area contributed by atoms with Crippen LogP contribution in [0.15, 0.2) is 42.5 Å². The molecule has 10 heteroatoms. The lowest BCUT2D eigenvalue weighted by atomic mass is 10.0. The molecule has 0 bridgehead atoms. The number of hydrogen-bond acceptors (Lipinski definition) is 8. The standard InChI is InChI=1S/C27H29N3O7/c1-27(2,3)37-26(35)30-21(31)13-12-19(24(30)33)29-23(32)18-6-5-7-20(22(18)25(29)34)36-15-17-10-8-16(9-11-17)14-28-4/h5-11,19,28H,12-15H2,1-4H3. The Morgan fingerprint density at radius 1 is 1.00 bits per heavy atom. The van der Waals surface area contributed by atoms with Crippen LogP contribution in [0.25, 0.3) is 0 Å². The van der Waals surface area contributed by atoms with Gasteiger partial charge in [0.15, 0.2) is 0 Å². The summed E-state index contributed by atoms with van der Waals surface area (Å²) in [6.45, 7) is 5.70. The molecule has 0 radical (unpaired) electrons. The third-order valence-electron chi connectivity index (χ3n) is 5.98. The predicted molar refractivity (Wildman–Crippen MR) is 132 cm³/mol. The maximum absolute atomic E-state index is 13.4. The van der Waals surface area contributed by atoms with Crippen LogP contribution >= 0.6 is 0 Å². The average molecular weight is 508 g/mol. The Kier molecular flexibility index (Phi) is 7.13. The Balaban J connectivity index is 1.55. The van der Waals surface area contributed by atoms with E-state index in [0.717, 1.165) is 22.6 Å². The molecule has 0 aromatic heterocycles. The lowest BCUT2D eigenvalue weighted by Crippen LogP contribution is -2.58. The average Bonchev–Trinajstić information content (AvgIpc) is 3.08. The van der Waals surface area contributed by atoms with E-state index in [0.29, 0.717) is 4.90 Å². The van der Waals surface area contributed by atoms with Crippen molar-refractivity contribution in [2.75, 3.05) is 7.05 Å². The molecule has 0 spiro atoms. The zero-order valence-electron chi connectivity index (χ0n) is 21.2. The molecular weight excluding hydrogens is 478 g/mol. The summed E-state index contributed by atoms with van der Waals surface area (Å²) in [4.78, 5) is 66.0. The minimum Gasteiger partial charge on any atom is -0.488 e. The van der Waals surface area contributed by atoms with Gasteiger partial charge in [-0.15, -0.1) is 0 Å². The van der Waals surface area contributed by atoms with Crippen molar-refractivity contribution in [3.63, 3.8) is 0 Å². The number of carbonyl (C=O) groups excluding carboxylic acids is 5. The third kappa shape index (κ3) is 5.24. The monoisotopic (exact) mass is 507 g/mol. The van der Waals surface area contributed by atoms with E-state index >= 15 is 0 Å². The largest absolute Gasteiger partial charge is 0.488 e. The molecule has 37 heavy (non-hydrogen) atoms. The lowest BCUT2D eigenvalue weighted by Gasteiger charge is -2.34. The van der Waals surface area contributed by atoms with Gasteiger partial charge in [-0.3, -0.25) is 24.1 Å². The Morgan fingerprint density at radius 3 is 2.32 bits per heavy atom. The van der Waals surface area contributed by atoms with E-state index in [2.05, 4.69) is 5.32 Å². The topological polar surface area (TPSA) is 122 Å². The van der Waals surface area contributed by atoms with Gasteiger partial charge in [-0.2, -0.15) is 4.90 Å². The van der Waals surface area contributed by atoms with Crippen LogP contribution in [-0.2, 0) is 27.5 Å². The minimum atomic E-state index is -1.31. The summed E-state index contributed by atoms with van der Waals surface area (Å²) in [5.74, 6) is -2.89. The molecule has 0 aliphatic carbocycles. The fourth-order valence-corrected chi connectivity index (χ4v) is 4.30. The number of piperidine rings is 1. The SMILES string of the molecule is CNCc1ccc(COc2cccc3c2C(=O)N(C2CCC(=O)N(C(=O)OC(C)(C)C)C2=O)C3=O)cc1. The van der Waals surface area contributed by atoms with Crippen molar-refractivity contribution in [1.29, 1.82) is 0 Å². The molecule has 2 heterocycles. The molecule has 2 aromatic rings. The maximum Gasteiger partial charge on any atom is 0.424 e. The molecule has 0 saturated carbocycles. The Hall–Kier alpha value is -4.05. The van der Waals surface area contributed by atoms with Gasteiger partial charge < -0.3 is 14.8 Å². The molecule has 2 aliphatic rings. The first-order chi connectivity index (χ1) is 17.5. The summed E-state index contributed by atoms with van der Waals surface area (Å²) in [6, 6.07) is 11.1. The highest BCUT2D eigenvalue weighted by atomic mass is 16.6. The molecular formula is C27H29N3O7. The van der Waals surface area contributed by atoms with Gasteiger partial charge in [0, 0.05) is 13.0 Å². The lowest BCUT2D eigenvalue weighted by molar-refractivity contribution is -0.149. The number of amides is 5. The second-order valence-electron chi connectivity index (χ2n) is 9.90. The van der Waals surface area contributed by atoms with Gasteiger partial charge in [0.25, 0.3) is 17.7 Å². The van der Waals surface area contributed by atoms with Crippen LogP contribution in [0.2, 0.25) is 0 Å². The highest BCUT2D eigenvalue weighted by Gasteiger charge is 2.50. The fourth-order valence-electron chi connectivity index (χ4n) is 4.30. The van der Waals surface area contributed by atoms with Gasteiger partial charge in [-0.25, -0.2) is 4.79 Å². The van der Waals surface area contributed by atoms with E-state index in [9.17, 15) is 24.0 Å². The smallest absolute Gasteiger partial charge is 0.424 e. The molecule has 194 valence electrons. The zero-order valence-corrected chi connectivity index (χ0v) is 21.2. The minimum absolute atomic E-state index is 0.0489. The molecule has 10 nitrogen and oxygen atoms in total. The summed E-state index contributed by atoms with van der Waals surface area (Å²) in [7, 11) is 1.86. The van der Waals surface area contributed by atoms with E-state index in [1.807, 2.05) is 31.3 Å². The quantitative estimate of drug-likeness (QED) is 0.592. The van der Waals surface area contributed by atoms with Crippen LogP contribution in [0.5, 0.6) is 5.75 Å². The molecule has 2 aliphatic heterocycles. The summed E-state index contributed by atoms with van der Waals surface area (Å²) >= 11 is 0. The normalized spacial score (nSPS) is 17.8. The molecule has 1 atom stereocenters. The maximum atomic E-state index is 13.4. The highest BCUT2D eigenvalue weighted by Crippen LogP contribution is 2.35. The molecule has 4 rings (SSSR count). The predicted octanol–water partition coefficient (Wildman–Crippen LogP) is 3.03. The number of fused-ring (bicyclic) bond motifs is 1. The summed E-state index contributed by atoms with van der Waals surface area (Å²) < 4.78 is 11.1. The molecule has 5 amide bonds. The zero-order chi connectivity index (χ0) is 26.9. The fraction of sp³-hybridized carbons (Fsp3) is 0.370. The first-order valence-corrected chi connectivity index (χ1v) is 12.0. The number of nitrogens with zero attached hydrogens (tertiary/aromatic N) is 2. The van der Waals surface area contributed by atoms with Gasteiger partial charge in [-0.1, -0.05) is 30.3 Å². The van der Waals surface area contributed by atoms with E-state index in [-0.39, 0.29) is 36.3 Å². The van der Waals surface area contributed by atoms with Crippen LogP contribution in [0, 0.1) is 0 Å². The van der Waals surface area contributed by atoms with E-state index < -0.39 is 41.4 Å². The van der Waals surface area contributed by atoms with Crippen LogP contribution in [0.1, 0.15) is 65.5 Å². The van der Waals surface area contributed by atoms with Crippen molar-refractivity contribution in [3.8, 4) is 5.75 Å². The molecule has 1 unspecified atom stereocenters. The van der Waals surface area contributed by atoms with Crippen molar-refractivity contribution < 1.29 is 33.4 Å². The summed E-state index contributed by atoms with van der Waals surface area (Å²) in [5, 5.41) is 3.08. The van der Waals surface area contributed by atoms with Crippen molar-refractivity contribution in [1.82, 2.24) is 15.1 Å². The molecule has 2 aromatic carbocycles. The van der Waals surface area contributed by atoms with Crippen molar-refractivity contribution in [3.05, 3.63) is 64.7 Å². The Bertz CT molecular complexity index is 1260. The molecule has 1 N–H and O–H groups in total. The van der Waals surface area contributed by atoms with Crippen LogP contribution in [-0.4, -0.2) is 58.2 Å². The summed E-state index contributed by atoms with van der Waals surface area (Å²) in [6.07, 6.45) is -1.42. The van der Waals surface area contributed by atoms with Gasteiger partial charge in [0.1, 0.15) is 24.0 Å².